The van der Waals surface area contributed by atoms with Gasteiger partial charge in [0.25, 0.3) is 5.91 Å². The van der Waals surface area contributed by atoms with Crippen LogP contribution < -0.4 is 4.74 Å². The Morgan fingerprint density at radius 3 is 3.00 bits per heavy atom. The molecule has 2 aromatic heterocycles. The van der Waals surface area contributed by atoms with Crippen LogP contribution in [0.3, 0.4) is 0 Å². The van der Waals surface area contributed by atoms with Crippen molar-refractivity contribution in [3.05, 3.63) is 45.9 Å². The summed E-state index contributed by atoms with van der Waals surface area (Å²) >= 11 is 1.82. The van der Waals surface area contributed by atoms with Crippen molar-refractivity contribution in [1.82, 2.24) is 9.88 Å². The Hall–Kier alpha value is -1.92. The summed E-state index contributed by atoms with van der Waals surface area (Å²) in [5, 5.41) is 2.15. The molecule has 126 valence electrons. The predicted molar refractivity (Wildman–Crippen MR) is 91.6 cm³/mol. The number of hydrogen-bond donors (Lipinski definition) is 0. The minimum atomic E-state index is -0.202. The van der Waals surface area contributed by atoms with E-state index in [1.54, 1.807) is 25.4 Å². The minimum Gasteiger partial charge on any atom is -0.497 e. The largest absolute Gasteiger partial charge is 0.497 e. The number of aromatic nitrogens is 1. The van der Waals surface area contributed by atoms with Crippen LogP contribution in [0.15, 0.2) is 29.8 Å². The highest BCUT2D eigenvalue weighted by Gasteiger charge is 2.42. The van der Waals surface area contributed by atoms with E-state index in [0.29, 0.717) is 24.5 Å². The van der Waals surface area contributed by atoms with Gasteiger partial charge in [-0.05, 0) is 35.9 Å². The number of amides is 1. The van der Waals surface area contributed by atoms with E-state index in [9.17, 15) is 4.79 Å². The number of carbonyl (C=O) groups excluding carboxylic acids is 1. The fourth-order valence-corrected chi connectivity index (χ4v) is 4.61. The van der Waals surface area contributed by atoms with Crippen molar-refractivity contribution in [2.24, 2.45) is 0 Å². The molecule has 0 aliphatic carbocycles. The lowest BCUT2D eigenvalue weighted by atomic mass is 9.82. The van der Waals surface area contributed by atoms with Crippen molar-refractivity contribution >= 4 is 17.2 Å². The van der Waals surface area contributed by atoms with E-state index in [-0.39, 0.29) is 11.5 Å². The second-order valence-corrected chi connectivity index (χ2v) is 7.22. The Labute approximate surface area is 145 Å². The molecule has 0 atom stereocenters. The number of piperidine rings is 1. The third kappa shape index (κ3) is 2.59. The Morgan fingerprint density at radius 1 is 1.38 bits per heavy atom. The summed E-state index contributed by atoms with van der Waals surface area (Å²) in [5.74, 6) is 0.616. The van der Waals surface area contributed by atoms with Crippen molar-refractivity contribution < 1.29 is 14.3 Å². The van der Waals surface area contributed by atoms with Crippen molar-refractivity contribution in [3.8, 4) is 5.75 Å². The smallest absolute Gasteiger partial charge is 0.272 e. The maximum atomic E-state index is 12.7. The van der Waals surface area contributed by atoms with E-state index in [1.807, 2.05) is 16.2 Å². The number of hydrogen-bond acceptors (Lipinski definition) is 5. The summed E-state index contributed by atoms with van der Waals surface area (Å²) < 4.78 is 11.4. The van der Waals surface area contributed by atoms with Gasteiger partial charge in [0.1, 0.15) is 11.4 Å². The molecule has 1 amide bonds. The van der Waals surface area contributed by atoms with Gasteiger partial charge in [-0.25, -0.2) is 0 Å². The molecular formula is C18H20N2O3S. The summed E-state index contributed by atoms with van der Waals surface area (Å²) in [6.07, 6.45) is 4.30. The standard InChI is InChI=1S/C18H20N2O3S/c1-22-13-2-7-19-15(12-13)17(21)20-8-5-18(6-9-20)14-4-11-24-16(14)3-10-23-18/h2,4,7,11-12H,3,5-6,8-10H2,1H3. The van der Waals surface area contributed by atoms with E-state index in [4.69, 9.17) is 9.47 Å². The Bertz CT molecular complexity index is 750. The van der Waals surface area contributed by atoms with Crippen LogP contribution in [0.1, 0.15) is 33.8 Å². The van der Waals surface area contributed by atoms with Gasteiger partial charge in [0.2, 0.25) is 0 Å². The van der Waals surface area contributed by atoms with Crippen molar-refractivity contribution in [3.63, 3.8) is 0 Å². The number of nitrogens with zero attached hydrogens (tertiary/aromatic N) is 2. The van der Waals surface area contributed by atoms with Gasteiger partial charge in [-0.2, -0.15) is 0 Å². The molecule has 0 bridgehead atoms. The number of likely N-dealkylation sites (tertiary alicyclic amines) is 1. The van der Waals surface area contributed by atoms with Gasteiger partial charge in [-0.1, -0.05) is 0 Å². The van der Waals surface area contributed by atoms with Crippen molar-refractivity contribution in [2.45, 2.75) is 24.9 Å². The molecule has 0 N–H and O–H groups in total. The fourth-order valence-electron chi connectivity index (χ4n) is 3.66. The van der Waals surface area contributed by atoms with Crippen LogP contribution >= 0.6 is 11.3 Å². The molecule has 4 heterocycles. The minimum absolute atomic E-state index is 0.0369. The first-order valence-electron chi connectivity index (χ1n) is 8.22. The summed E-state index contributed by atoms with van der Waals surface area (Å²) in [6.45, 7) is 2.15. The highest BCUT2D eigenvalue weighted by molar-refractivity contribution is 7.10. The van der Waals surface area contributed by atoms with Crippen molar-refractivity contribution in [1.29, 1.82) is 0 Å². The zero-order valence-electron chi connectivity index (χ0n) is 13.7. The number of rotatable bonds is 2. The topological polar surface area (TPSA) is 51.7 Å². The summed E-state index contributed by atoms with van der Waals surface area (Å²) in [6, 6.07) is 5.64. The van der Waals surface area contributed by atoms with Gasteiger partial charge < -0.3 is 14.4 Å². The first-order valence-corrected chi connectivity index (χ1v) is 9.10. The first-order chi connectivity index (χ1) is 11.7. The average Bonchev–Trinajstić information content (AvgIpc) is 3.12. The number of ether oxygens (including phenoxy) is 2. The number of methoxy groups -OCH3 is 1. The molecule has 0 unspecified atom stereocenters. The van der Waals surface area contributed by atoms with E-state index in [2.05, 4.69) is 16.4 Å². The van der Waals surface area contributed by atoms with E-state index in [0.717, 1.165) is 25.9 Å². The van der Waals surface area contributed by atoms with Gasteiger partial charge in [-0.15, -0.1) is 11.3 Å². The van der Waals surface area contributed by atoms with Gasteiger partial charge in [0, 0.05) is 36.7 Å². The van der Waals surface area contributed by atoms with Crippen LogP contribution in [-0.2, 0) is 16.8 Å². The summed E-state index contributed by atoms with van der Waals surface area (Å²) in [4.78, 5) is 20.2. The second kappa shape index (κ2) is 6.18. The Morgan fingerprint density at radius 2 is 2.21 bits per heavy atom. The lowest BCUT2D eigenvalue weighted by Crippen LogP contribution is -2.48. The summed E-state index contributed by atoms with van der Waals surface area (Å²) in [5.41, 5.74) is 1.57. The molecule has 6 heteroatoms. The lowest BCUT2D eigenvalue weighted by Gasteiger charge is -2.44. The quantitative estimate of drug-likeness (QED) is 0.841. The highest BCUT2D eigenvalue weighted by atomic mass is 32.1. The van der Waals surface area contributed by atoms with Gasteiger partial charge in [0.15, 0.2) is 0 Å². The Kier molecular flexibility index (Phi) is 4.02. The average molecular weight is 344 g/mol. The highest BCUT2D eigenvalue weighted by Crippen LogP contribution is 2.43. The molecule has 0 aromatic carbocycles. The van der Waals surface area contributed by atoms with Gasteiger partial charge >= 0.3 is 0 Å². The summed E-state index contributed by atoms with van der Waals surface area (Å²) in [7, 11) is 1.59. The number of fused-ring (bicyclic) bond motifs is 2. The molecule has 5 nitrogen and oxygen atoms in total. The fraction of sp³-hybridized carbons (Fsp3) is 0.444. The molecule has 0 radical (unpaired) electrons. The zero-order valence-corrected chi connectivity index (χ0v) is 14.5. The van der Waals surface area contributed by atoms with Crippen LogP contribution in [0, 0.1) is 0 Å². The van der Waals surface area contributed by atoms with Crippen molar-refractivity contribution in [2.75, 3.05) is 26.8 Å². The van der Waals surface area contributed by atoms with Crippen LogP contribution in [0.2, 0.25) is 0 Å². The molecule has 1 spiro atoms. The third-order valence-electron chi connectivity index (χ3n) is 4.99. The number of pyridine rings is 1. The third-order valence-corrected chi connectivity index (χ3v) is 5.97. The monoisotopic (exact) mass is 344 g/mol. The molecule has 0 saturated carbocycles. The molecule has 1 saturated heterocycles. The first kappa shape index (κ1) is 15.6. The van der Waals surface area contributed by atoms with E-state index < -0.39 is 0 Å². The van der Waals surface area contributed by atoms with Crippen LogP contribution in [0.4, 0.5) is 0 Å². The zero-order chi connectivity index (χ0) is 16.6. The van der Waals surface area contributed by atoms with Gasteiger partial charge in [-0.3, -0.25) is 9.78 Å². The maximum Gasteiger partial charge on any atom is 0.272 e. The predicted octanol–water partition coefficient (Wildman–Crippen LogP) is 2.86. The number of carbonyl (C=O) groups is 1. The Balaban J connectivity index is 1.50. The maximum absolute atomic E-state index is 12.7. The molecule has 4 rings (SSSR count). The molecule has 1 fully saturated rings. The normalized spacial score (nSPS) is 19.1. The second-order valence-electron chi connectivity index (χ2n) is 6.22. The van der Waals surface area contributed by atoms with E-state index >= 15 is 0 Å². The molecule has 2 aromatic rings. The van der Waals surface area contributed by atoms with Crippen LogP contribution in [-0.4, -0.2) is 42.6 Å². The molecule has 2 aliphatic rings. The molecule has 24 heavy (non-hydrogen) atoms. The van der Waals surface area contributed by atoms with Crippen LogP contribution in [0.25, 0.3) is 0 Å². The molecule has 2 aliphatic heterocycles. The SMILES string of the molecule is COc1ccnc(C(=O)N2CCC3(CC2)OCCc2sccc23)c1. The van der Waals surface area contributed by atoms with Gasteiger partial charge in [0.05, 0.1) is 19.3 Å². The number of thiophene rings is 1. The lowest BCUT2D eigenvalue weighted by molar-refractivity contribution is -0.0926. The molecular weight excluding hydrogens is 324 g/mol. The van der Waals surface area contributed by atoms with E-state index in [1.165, 1.54) is 10.4 Å². The van der Waals surface area contributed by atoms with Crippen LogP contribution in [0.5, 0.6) is 5.75 Å².